The van der Waals surface area contributed by atoms with Crippen molar-refractivity contribution >= 4 is 11.6 Å². The Morgan fingerprint density at radius 1 is 1.52 bits per heavy atom. The second kappa shape index (κ2) is 6.04. The number of para-hydroxylation sites is 1. The number of hydrogen-bond donors (Lipinski definition) is 1. The second-order valence-corrected chi connectivity index (χ2v) is 4.38. The monoisotopic (exact) mass is 290 g/mol. The zero-order valence-electron chi connectivity index (χ0n) is 11.6. The van der Waals surface area contributed by atoms with Crippen LogP contribution in [-0.4, -0.2) is 40.1 Å². The van der Waals surface area contributed by atoms with Crippen LogP contribution in [0.5, 0.6) is 5.75 Å². The largest absolute Gasteiger partial charge is 0.490 e. The van der Waals surface area contributed by atoms with Crippen molar-refractivity contribution < 1.29 is 14.5 Å². The molecule has 0 saturated heterocycles. The van der Waals surface area contributed by atoms with Crippen LogP contribution >= 0.6 is 0 Å². The van der Waals surface area contributed by atoms with Gasteiger partial charge in [-0.05, 0) is 6.07 Å². The number of nitrogens with one attached hydrogen (secondary N) is 1. The van der Waals surface area contributed by atoms with E-state index in [0.717, 1.165) is 5.56 Å². The van der Waals surface area contributed by atoms with Crippen LogP contribution in [0.25, 0.3) is 0 Å². The third kappa shape index (κ3) is 2.99. The molecule has 21 heavy (non-hydrogen) atoms. The molecule has 8 heteroatoms. The van der Waals surface area contributed by atoms with Gasteiger partial charge in [-0.15, -0.1) is 0 Å². The van der Waals surface area contributed by atoms with Gasteiger partial charge in [0.25, 0.3) is 5.91 Å². The highest BCUT2D eigenvalue weighted by Gasteiger charge is 2.24. The van der Waals surface area contributed by atoms with E-state index in [2.05, 4.69) is 10.2 Å². The first-order valence-electron chi connectivity index (χ1n) is 6.09. The maximum absolute atomic E-state index is 12.4. The summed E-state index contributed by atoms with van der Waals surface area (Å²) < 4.78 is 5.04. The lowest BCUT2D eigenvalue weighted by atomic mass is 10.1. The van der Waals surface area contributed by atoms with Gasteiger partial charge in [0.1, 0.15) is 0 Å². The van der Waals surface area contributed by atoms with E-state index < -0.39 is 4.92 Å². The smallest absolute Gasteiger partial charge is 0.311 e. The summed E-state index contributed by atoms with van der Waals surface area (Å²) in [6.07, 6.45) is 3.28. The molecule has 1 aromatic carbocycles. The Hall–Kier alpha value is -2.90. The third-order valence-electron chi connectivity index (χ3n) is 2.95. The molecular weight excluding hydrogens is 276 g/mol. The highest BCUT2D eigenvalue weighted by Crippen LogP contribution is 2.31. The lowest BCUT2D eigenvalue weighted by Crippen LogP contribution is -2.26. The Morgan fingerprint density at radius 2 is 2.29 bits per heavy atom. The van der Waals surface area contributed by atoms with E-state index in [1.165, 1.54) is 30.2 Å². The van der Waals surface area contributed by atoms with Crippen molar-refractivity contribution in [3.05, 3.63) is 51.8 Å². The van der Waals surface area contributed by atoms with Gasteiger partial charge in [0.15, 0.2) is 0 Å². The Morgan fingerprint density at radius 3 is 2.86 bits per heavy atom. The molecule has 0 fully saturated rings. The van der Waals surface area contributed by atoms with Crippen molar-refractivity contribution in [2.24, 2.45) is 0 Å². The number of carbonyl (C=O) groups is 1. The quantitative estimate of drug-likeness (QED) is 0.665. The van der Waals surface area contributed by atoms with Crippen molar-refractivity contribution in [2.45, 2.75) is 6.54 Å². The average Bonchev–Trinajstić information content (AvgIpc) is 2.98. The second-order valence-electron chi connectivity index (χ2n) is 4.38. The van der Waals surface area contributed by atoms with E-state index in [0.29, 0.717) is 6.54 Å². The van der Waals surface area contributed by atoms with Gasteiger partial charge in [0.05, 0.1) is 23.8 Å². The van der Waals surface area contributed by atoms with E-state index in [1.54, 1.807) is 19.4 Å². The summed E-state index contributed by atoms with van der Waals surface area (Å²) in [5.74, 6) is -0.400. The van der Waals surface area contributed by atoms with Gasteiger partial charge in [-0.25, -0.2) is 0 Å². The fourth-order valence-corrected chi connectivity index (χ4v) is 1.97. The van der Waals surface area contributed by atoms with Crippen LogP contribution < -0.4 is 4.74 Å². The topological polar surface area (TPSA) is 101 Å². The molecule has 0 aliphatic heterocycles. The number of nitro benzene ring substituents is 1. The van der Waals surface area contributed by atoms with Crippen molar-refractivity contribution in [2.75, 3.05) is 14.2 Å². The predicted octanol–water partition coefficient (Wildman–Crippen LogP) is 1.60. The van der Waals surface area contributed by atoms with Gasteiger partial charge in [0.2, 0.25) is 5.75 Å². The number of hydrogen-bond acceptors (Lipinski definition) is 5. The van der Waals surface area contributed by atoms with Gasteiger partial charge < -0.3 is 9.64 Å². The van der Waals surface area contributed by atoms with Crippen LogP contribution in [0.1, 0.15) is 15.9 Å². The van der Waals surface area contributed by atoms with Crippen molar-refractivity contribution in [3.63, 3.8) is 0 Å². The number of carbonyl (C=O) groups excluding carboxylic acids is 1. The summed E-state index contributed by atoms with van der Waals surface area (Å²) in [5.41, 5.74) is 0.744. The van der Waals surface area contributed by atoms with Gasteiger partial charge in [-0.3, -0.25) is 20.0 Å². The lowest BCUT2D eigenvalue weighted by Gasteiger charge is -2.17. The number of H-pyrrole nitrogens is 1. The molecule has 1 heterocycles. The van der Waals surface area contributed by atoms with Crippen LogP contribution in [0, 0.1) is 10.1 Å². The number of amides is 1. The highest BCUT2D eigenvalue weighted by atomic mass is 16.6. The number of rotatable bonds is 5. The number of methoxy groups -OCH3 is 1. The maximum Gasteiger partial charge on any atom is 0.311 e. The molecule has 1 N–H and O–H groups in total. The number of aromatic nitrogens is 2. The summed E-state index contributed by atoms with van der Waals surface area (Å²) in [6, 6.07) is 4.26. The SMILES string of the molecule is COc1c(C(=O)N(C)Cc2cn[nH]c2)cccc1[N+](=O)[O-]. The normalized spacial score (nSPS) is 10.2. The van der Waals surface area contributed by atoms with Crippen molar-refractivity contribution in [1.29, 1.82) is 0 Å². The van der Waals surface area contributed by atoms with Crippen LogP contribution in [0.4, 0.5) is 5.69 Å². The van der Waals surface area contributed by atoms with Crippen molar-refractivity contribution in [3.8, 4) is 5.75 Å². The molecule has 0 bridgehead atoms. The summed E-state index contributed by atoms with van der Waals surface area (Å²) in [6.45, 7) is 0.335. The Balaban J connectivity index is 2.30. The molecule has 2 aromatic rings. The molecule has 0 aliphatic rings. The maximum atomic E-state index is 12.4. The first-order chi connectivity index (χ1) is 10.0. The summed E-state index contributed by atoms with van der Waals surface area (Å²) in [5, 5.41) is 17.4. The van der Waals surface area contributed by atoms with Gasteiger partial charge in [-0.1, -0.05) is 6.07 Å². The number of ether oxygens (including phenoxy) is 1. The molecule has 0 radical (unpaired) electrons. The van der Waals surface area contributed by atoms with E-state index >= 15 is 0 Å². The standard InChI is InChI=1S/C13H14N4O4/c1-16(8-9-6-14-15-7-9)13(18)10-4-3-5-11(17(19)20)12(10)21-2/h3-7H,8H2,1-2H3,(H,14,15). The van der Waals surface area contributed by atoms with Crippen LogP contribution in [0.3, 0.4) is 0 Å². The molecule has 8 nitrogen and oxygen atoms in total. The van der Waals surface area contributed by atoms with E-state index in [-0.39, 0.29) is 22.9 Å². The molecule has 110 valence electrons. The summed E-state index contributed by atoms with van der Waals surface area (Å²) >= 11 is 0. The fourth-order valence-electron chi connectivity index (χ4n) is 1.97. The zero-order chi connectivity index (χ0) is 15.4. The number of benzene rings is 1. The van der Waals surface area contributed by atoms with Gasteiger partial charge >= 0.3 is 5.69 Å². The minimum atomic E-state index is -0.578. The first-order valence-corrected chi connectivity index (χ1v) is 6.09. The zero-order valence-corrected chi connectivity index (χ0v) is 11.6. The van der Waals surface area contributed by atoms with E-state index in [4.69, 9.17) is 4.74 Å². The molecule has 1 amide bonds. The molecule has 0 spiro atoms. The number of nitro groups is 1. The highest BCUT2D eigenvalue weighted by molar-refractivity contribution is 5.98. The van der Waals surface area contributed by atoms with Gasteiger partial charge in [-0.2, -0.15) is 5.10 Å². The molecule has 0 atom stereocenters. The molecule has 0 aliphatic carbocycles. The van der Waals surface area contributed by atoms with Crippen LogP contribution in [0.15, 0.2) is 30.6 Å². The first kappa shape index (κ1) is 14.5. The number of aromatic amines is 1. The number of nitrogens with zero attached hydrogens (tertiary/aromatic N) is 3. The average molecular weight is 290 g/mol. The van der Waals surface area contributed by atoms with E-state index in [9.17, 15) is 14.9 Å². The molecular formula is C13H14N4O4. The molecule has 2 rings (SSSR count). The van der Waals surface area contributed by atoms with Crippen molar-refractivity contribution in [1.82, 2.24) is 15.1 Å². The Labute approximate surface area is 120 Å². The lowest BCUT2D eigenvalue weighted by molar-refractivity contribution is -0.385. The van der Waals surface area contributed by atoms with E-state index in [1.807, 2.05) is 0 Å². The molecule has 0 saturated carbocycles. The fraction of sp³-hybridized carbons (Fsp3) is 0.231. The van der Waals surface area contributed by atoms with Crippen LogP contribution in [0.2, 0.25) is 0 Å². The predicted molar refractivity (Wildman–Crippen MR) is 74.0 cm³/mol. The summed E-state index contributed by atoms with van der Waals surface area (Å²) in [7, 11) is 2.91. The Bertz CT molecular complexity index is 654. The third-order valence-corrected chi connectivity index (χ3v) is 2.95. The van der Waals surface area contributed by atoms with Crippen LogP contribution in [-0.2, 0) is 6.54 Å². The molecule has 0 unspecified atom stereocenters. The minimum Gasteiger partial charge on any atom is -0.490 e. The summed E-state index contributed by atoms with van der Waals surface area (Å²) in [4.78, 5) is 24.2. The Kier molecular flexibility index (Phi) is 4.17. The molecule has 1 aromatic heterocycles. The van der Waals surface area contributed by atoms with Gasteiger partial charge in [0, 0.05) is 31.4 Å². The minimum absolute atomic E-state index is 0.0356.